The summed E-state index contributed by atoms with van der Waals surface area (Å²) in [6, 6.07) is 1.00. The van der Waals surface area contributed by atoms with E-state index >= 15 is 0 Å². The molecule has 2 aliphatic carbocycles. The second kappa shape index (κ2) is 6.47. The van der Waals surface area contributed by atoms with Crippen LogP contribution in [0, 0.1) is 18.8 Å². The molecule has 0 radical (unpaired) electrons. The Balaban J connectivity index is 1.38. The Hall–Kier alpha value is -1.43. The molecule has 2 unspecified atom stereocenters. The van der Waals surface area contributed by atoms with Crippen molar-refractivity contribution in [3.63, 3.8) is 0 Å². The van der Waals surface area contributed by atoms with Crippen LogP contribution in [0.25, 0.3) is 0 Å². The van der Waals surface area contributed by atoms with Crippen molar-refractivity contribution in [1.29, 1.82) is 0 Å². The van der Waals surface area contributed by atoms with Gasteiger partial charge in [0.1, 0.15) is 0 Å². The number of carbonyl (C=O) groups excluding carboxylic acids is 1. The van der Waals surface area contributed by atoms with E-state index in [1.165, 1.54) is 38.5 Å². The zero-order valence-corrected chi connectivity index (χ0v) is 14.9. The van der Waals surface area contributed by atoms with E-state index in [9.17, 15) is 4.79 Å². The topological polar surface area (TPSA) is 63.1 Å². The predicted molar refractivity (Wildman–Crippen MR) is 91.7 cm³/mol. The second-order valence-electron chi connectivity index (χ2n) is 8.10. The third-order valence-corrected chi connectivity index (χ3v) is 6.12. The molecule has 1 aromatic heterocycles. The minimum Gasteiger partial charge on any atom is -0.346 e. The zero-order valence-electron chi connectivity index (χ0n) is 14.9. The summed E-state index contributed by atoms with van der Waals surface area (Å²) >= 11 is 0. The minimum absolute atomic E-state index is 0.0559. The van der Waals surface area contributed by atoms with Gasteiger partial charge >= 0.3 is 0 Å². The number of nitrogens with one attached hydrogen (secondary N) is 1. The highest BCUT2D eigenvalue weighted by Gasteiger charge is 2.39. The van der Waals surface area contributed by atoms with E-state index in [0.29, 0.717) is 17.5 Å². The summed E-state index contributed by atoms with van der Waals surface area (Å²) in [5, 5.41) is 11.6. The van der Waals surface area contributed by atoms with Crippen LogP contribution in [0.1, 0.15) is 61.6 Å². The molecule has 6 nitrogen and oxygen atoms in total. The average molecular weight is 331 g/mol. The normalized spacial score (nSPS) is 28.6. The van der Waals surface area contributed by atoms with Gasteiger partial charge in [0.25, 0.3) is 5.91 Å². The molecule has 2 atom stereocenters. The van der Waals surface area contributed by atoms with Crippen LogP contribution in [-0.2, 0) is 6.54 Å². The van der Waals surface area contributed by atoms with Crippen LogP contribution in [0.15, 0.2) is 0 Å². The lowest BCUT2D eigenvalue weighted by atomic mass is 10.1. The summed E-state index contributed by atoms with van der Waals surface area (Å²) in [6.45, 7) is 7.19. The van der Waals surface area contributed by atoms with Gasteiger partial charge in [0.15, 0.2) is 5.69 Å². The quantitative estimate of drug-likeness (QED) is 0.896. The first-order valence-corrected chi connectivity index (χ1v) is 9.57. The number of carbonyl (C=O) groups is 1. The van der Waals surface area contributed by atoms with E-state index in [4.69, 9.17) is 0 Å². The third-order valence-electron chi connectivity index (χ3n) is 6.12. The van der Waals surface area contributed by atoms with Crippen LogP contribution >= 0.6 is 0 Å². The van der Waals surface area contributed by atoms with Gasteiger partial charge in [0.2, 0.25) is 0 Å². The van der Waals surface area contributed by atoms with E-state index in [1.807, 2.05) is 11.6 Å². The molecule has 1 aromatic rings. The molecular formula is C18H29N5O. The molecule has 6 heteroatoms. The van der Waals surface area contributed by atoms with Gasteiger partial charge in [0, 0.05) is 31.7 Å². The Morgan fingerprint density at radius 2 is 1.96 bits per heavy atom. The molecule has 2 saturated carbocycles. The van der Waals surface area contributed by atoms with Gasteiger partial charge in [0.05, 0.1) is 5.69 Å². The Bertz CT molecular complexity index is 603. The number of hydrogen-bond donors (Lipinski definition) is 1. The van der Waals surface area contributed by atoms with E-state index in [0.717, 1.165) is 31.4 Å². The van der Waals surface area contributed by atoms with Gasteiger partial charge in [-0.3, -0.25) is 9.69 Å². The molecule has 1 amide bonds. The van der Waals surface area contributed by atoms with Crippen LogP contribution in [0.2, 0.25) is 0 Å². The molecular weight excluding hydrogens is 302 g/mol. The third kappa shape index (κ3) is 3.21. The van der Waals surface area contributed by atoms with Crippen molar-refractivity contribution >= 4 is 5.91 Å². The fraction of sp³-hybridized carbons (Fsp3) is 0.833. The van der Waals surface area contributed by atoms with Gasteiger partial charge in [-0.15, -0.1) is 5.10 Å². The van der Waals surface area contributed by atoms with Crippen LogP contribution in [0.3, 0.4) is 0 Å². The maximum absolute atomic E-state index is 12.7. The SMILES string of the molecule is Cc1c(C(=O)NC2CN(C3CC3)CC2C)nnn1CC1CCCC1. The molecule has 3 fully saturated rings. The number of likely N-dealkylation sites (tertiary alicyclic amines) is 1. The molecule has 1 aliphatic heterocycles. The highest BCUT2D eigenvalue weighted by molar-refractivity contribution is 5.93. The largest absolute Gasteiger partial charge is 0.346 e. The molecule has 1 saturated heterocycles. The molecule has 0 aromatic carbocycles. The molecule has 3 aliphatic rings. The number of nitrogens with zero attached hydrogens (tertiary/aromatic N) is 4. The number of aromatic nitrogens is 3. The lowest BCUT2D eigenvalue weighted by Gasteiger charge is -2.16. The van der Waals surface area contributed by atoms with Crippen molar-refractivity contribution in [3.05, 3.63) is 11.4 Å². The lowest BCUT2D eigenvalue weighted by molar-refractivity contribution is 0.0925. The van der Waals surface area contributed by atoms with Crippen molar-refractivity contribution in [1.82, 2.24) is 25.2 Å². The smallest absolute Gasteiger partial charge is 0.274 e. The highest BCUT2D eigenvalue weighted by atomic mass is 16.2. The van der Waals surface area contributed by atoms with Gasteiger partial charge in [-0.05, 0) is 44.4 Å². The summed E-state index contributed by atoms with van der Waals surface area (Å²) < 4.78 is 1.93. The van der Waals surface area contributed by atoms with Crippen molar-refractivity contribution in [3.8, 4) is 0 Å². The Morgan fingerprint density at radius 3 is 2.67 bits per heavy atom. The summed E-state index contributed by atoms with van der Waals surface area (Å²) in [6.07, 6.45) is 7.84. The highest BCUT2D eigenvalue weighted by Crippen LogP contribution is 2.32. The van der Waals surface area contributed by atoms with Crippen LogP contribution < -0.4 is 5.32 Å². The van der Waals surface area contributed by atoms with E-state index in [1.54, 1.807) is 0 Å². The molecule has 2 heterocycles. The number of rotatable bonds is 5. The summed E-state index contributed by atoms with van der Waals surface area (Å²) in [5.41, 5.74) is 1.41. The van der Waals surface area contributed by atoms with Gasteiger partial charge in [-0.2, -0.15) is 0 Å². The Morgan fingerprint density at radius 1 is 1.21 bits per heavy atom. The van der Waals surface area contributed by atoms with Crippen LogP contribution in [0.4, 0.5) is 0 Å². The minimum atomic E-state index is -0.0559. The maximum atomic E-state index is 12.7. The maximum Gasteiger partial charge on any atom is 0.274 e. The summed E-state index contributed by atoms with van der Waals surface area (Å²) in [5.74, 6) is 1.14. The van der Waals surface area contributed by atoms with E-state index in [-0.39, 0.29) is 11.9 Å². The molecule has 24 heavy (non-hydrogen) atoms. The van der Waals surface area contributed by atoms with Crippen LogP contribution in [0.5, 0.6) is 0 Å². The number of hydrogen-bond acceptors (Lipinski definition) is 4. The number of amides is 1. The van der Waals surface area contributed by atoms with Gasteiger partial charge in [-0.25, -0.2) is 4.68 Å². The first kappa shape index (κ1) is 16.1. The first-order chi connectivity index (χ1) is 11.6. The van der Waals surface area contributed by atoms with Gasteiger partial charge in [-0.1, -0.05) is 25.0 Å². The van der Waals surface area contributed by atoms with E-state index in [2.05, 4.69) is 27.5 Å². The molecule has 0 bridgehead atoms. The lowest BCUT2D eigenvalue weighted by Crippen LogP contribution is -2.40. The first-order valence-electron chi connectivity index (χ1n) is 9.57. The van der Waals surface area contributed by atoms with Crippen molar-refractivity contribution < 1.29 is 4.79 Å². The van der Waals surface area contributed by atoms with Crippen molar-refractivity contribution in [2.75, 3.05) is 13.1 Å². The molecule has 0 spiro atoms. The van der Waals surface area contributed by atoms with Gasteiger partial charge < -0.3 is 5.32 Å². The summed E-state index contributed by atoms with van der Waals surface area (Å²) in [7, 11) is 0. The fourth-order valence-electron chi connectivity index (χ4n) is 4.35. The molecule has 1 N–H and O–H groups in total. The second-order valence-corrected chi connectivity index (χ2v) is 8.10. The molecule has 132 valence electrons. The zero-order chi connectivity index (χ0) is 16.7. The van der Waals surface area contributed by atoms with Crippen LogP contribution in [-0.4, -0.2) is 51.0 Å². The van der Waals surface area contributed by atoms with E-state index < -0.39 is 0 Å². The Kier molecular flexibility index (Phi) is 4.33. The Labute approximate surface area is 144 Å². The molecule has 4 rings (SSSR count). The summed E-state index contributed by atoms with van der Waals surface area (Å²) in [4.78, 5) is 15.2. The average Bonchev–Trinajstić information content (AvgIpc) is 2.99. The fourth-order valence-corrected chi connectivity index (χ4v) is 4.35. The predicted octanol–water partition coefficient (Wildman–Crippen LogP) is 1.99. The van der Waals surface area contributed by atoms with Crippen molar-refractivity contribution in [2.45, 2.75) is 71.0 Å². The standard InChI is InChI=1S/C18H29N5O/c1-12-9-22(15-7-8-15)11-16(12)19-18(24)17-13(2)23(21-20-17)10-14-5-3-4-6-14/h12,14-16H,3-11H2,1-2H3,(H,19,24). The van der Waals surface area contributed by atoms with Crippen molar-refractivity contribution in [2.24, 2.45) is 11.8 Å². The monoisotopic (exact) mass is 331 g/mol.